The highest BCUT2D eigenvalue weighted by molar-refractivity contribution is 7.97. The second-order valence-electron chi connectivity index (χ2n) is 4.99. The van der Waals surface area contributed by atoms with E-state index in [0.717, 1.165) is 23.5 Å². The van der Waals surface area contributed by atoms with Gasteiger partial charge in [0.1, 0.15) is 0 Å². The zero-order valence-electron chi connectivity index (χ0n) is 10.6. The molecule has 1 fully saturated rings. The minimum atomic E-state index is -3.69. The summed E-state index contributed by atoms with van der Waals surface area (Å²) in [5, 5.41) is 2.66. The molecule has 2 N–H and O–H groups in total. The first-order chi connectivity index (χ1) is 9.36. The summed E-state index contributed by atoms with van der Waals surface area (Å²) in [4.78, 5) is 5.32. The summed E-state index contributed by atoms with van der Waals surface area (Å²) in [5.41, 5.74) is 0.922. The average Bonchev–Trinajstić information content (AvgIpc) is 2.91. The fourth-order valence-corrected chi connectivity index (χ4v) is 7.64. The summed E-state index contributed by atoms with van der Waals surface area (Å²) in [7, 11) is -6.90. The summed E-state index contributed by atoms with van der Waals surface area (Å²) in [6.07, 6.45) is 0.940. The smallest absolute Gasteiger partial charge is 0.238 e. The molecule has 0 amide bonds. The van der Waals surface area contributed by atoms with Crippen molar-refractivity contribution in [1.82, 2.24) is 10.3 Å². The van der Waals surface area contributed by atoms with E-state index in [1.165, 1.54) is 11.3 Å². The normalized spacial score (nSPS) is 25.3. The molecule has 1 aromatic rings. The van der Waals surface area contributed by atoms with Crippen molar-refractivity contribution in [3.05, 3.63) is 10.6 Å². The first-order valence-corrected chi connectivity index (χ1v) is 10.5. The Hall–Kier alpha value is -0.710. The topological polar surface area (TPSA) is 105 Å². The highest BCUT2D eigenvalue weighted by atomic mass is 32.2. The number of rotatable bonds is 3. The molecule has 10 heteroatoms. The fourth-order valence-electron chi connectivity index (χ4n) is 2.38. The summed E-state index contributed by atoms with van der Waals surface area (Å²) >= 11 is 1.31. The van der Waals surface area contributed by atoms with Crippen molar-refractivity contribution in [2.45, 2.75) is 24.6 Å². The molecule has 3 heterocycles. The predicted molar refractivity (Wildman–Crippen MR) is 77.1 cm³/mol. The zero-order valence-corrected chi connectivity index (χ0v) is 13.1. The van der Waals surface area contributed by atoms with Gasteiger partial charge in [-0.1, -0.05) is 11.3 Å². The van der Waals surface area contributed by atoms with Gasteiger partial charge in [0, 0.05) is 24.4 Å². The third-order valence-electron chi connectivity index (χ3n) is 3.46. The predicted octanol–water partition coefficient (Wildman–Crippen LogP) is -0.282. The number of hydrogen-bond acceptors (Lipinski definition) is 7. The van der Waals surface area contributed by atoms with Crippen LogP contribution >= 0.6 is 11.3 Å². The van der Waals surface area contributed by atoms with Crippen LogP contribution in [-0.2, 0) is 32.8 Å². The number of fused-ring (bicyclic) bond motifs is 1. The molecule has 112 valence electrons. The Morgan fingerprint density at radius 2 is 2.20 bits per heavy atom. The highest BCUT2D eigenvalue weighted by Crippen LogP contribution is 2.28. The zero-order chi connectivity index (χ0) is 14.4. The maximum absolute atomic E-state index is 12.2. The fraction of sp³-hybridized carbons (Fsp3) is 0.700. The minimum absolute atomic E-state index is 0.0587. The number of thiazole rings is 1. The largest absolute Gasteiger partial charge is 0.311 e. The van der Waals surface area contributed by atoms with E-state index < -0.39 is 25.1 Å². The number of anilines is 1. The van der Waals surface area contributed by atoms with Crippen molar-refractivity contribution < 1.29 is 16.8 Å². The molecular formula is C10H15N3O4S3. The van der Waals surface area contributed by atoms with Crippen molar-refractivity contribution >= 4 is 36.3 Å². The van der Waals surface area contributed by atoms with Crippen molar-refractivity contribution in [3.8, 4) is 0 Å². The van der Waals surface area contributed by atoms with Crippen molar-refractivity contribution in [2.75, 3.05) is 22.8 Å². The lowest BCUT2D eigenvalue weighted by Gasteiger charge is -2.09. The monoisotopic (exact) mass is 337 g/mol. The van der Waals surface area contributed by atoms with Crippen LogP contribution in [0.3, 0.4) is 0 Å². The van der Waals surface area contributed by atoms with Gasteiger partial charge in [-0.25, -0.2) is 21.8 Å². The van der Waals surface area contributed by atoms with Crippen LogP contribution in [0.4, 0.5) is 5.13 Å². The molecule has 0 saturated carbocycles. The van der Waals surface area contributed by atoms with Gasteiger partial charge in [0.15, 0.2) is 15.0 Å². The Morgan fingerprint density at radius 1 is 1.40 bits per heavy atom. The number of nitrogens with zero attached hydrogens (tertiary/aromatic N) is 1. The van der Waals surface area contributed by atoms with E-state index in [2.05, 4.69) is 15.0 Å². The maximum Gasteiger partial charge on any atom is 0.238 e. The lowest BCUT2D eigenvalue weighted by molar-refractivity contribution is 0.587. The van der Waals surface area contributed by atoms with Crippen LogP contribution in [0.1, 0.15) is 17.0 Å². The standard InChI is InChI=1S/C10H15N3O4S3/c14-19(15)4-2-7(6-19)20(16,17)13-10-12-8-1-3-11-5-9(8)18-10/h7,11H,1-6H2,(H,12,13). The van der Waals surface area contributed by atoms with Crippen LogP contribution in [0, 0.1) is 0 Å². The van der Waals surface area contributed by atoms with E-state index in [9.17, 15) is 16.8 Å². The molecule has 2 aliphatic rings. The second-order valence-corrected chi connectivity index (χ2v) is 10.3. The molecule has 0 radical (unpaired) electrons. The molecule has 0 aromatic carbocycles. The van der Waals surface area contributed by atoms with Gasteiger partial charge in [-0.15, -0.1) is 0 Å². The van der Waals surface area contributed by atoms with Gasteiger partial charge in [-0.05, 0) is 6.42 Å². The Bertz CT molecular complexity index is 699. The number of sulfone groups is 1. The van der Waals surface area contributed by atoms with Gasteiger partial charge in [0.2, 0.25) is 10.0 Å². The van der Waals surface area contributed by atoms with Crippen LogP contribution in [0.25, 0.3) is 0 Å². The summed E-state index contributed by atoms with van der Waals surface area (Å²) in [6, 6.07) is 0. The lowest BCUT2D eigenvalue weighted by atomic mass is 10.2. The SMILES string of the molecule is O=S1(=O)CCC(S(=O)(=O)Nc2nc3c(s2)CNCC3)C1. The molecule has 1 atom stereocenters. The molecule has 0 bridgehead atoms. The molecule has 1 saturated heterocycles. The Kier molecular flexibility index (Phi) is 3.51. The molecule has 2 aliphatic heterocycles. The van der Waals surface area contributed by atoms with E-state index in [-0.39, 0.29) is 17.9 Å². The van der Waals surface area contributed by atoms with Crippen LogP contribution in [0.2, 0.25) is 0 Å². The Labute approximate surface area is 121 Å². The van der Waals surface area contributed by atoms with Crippen molar-refractivity contribution in [1.29, 1.82) is 0 Å². The van der Waals surface area contributed by atoms with Crippen LogP contribution in [0.15, 0.2) is 0 Å². The second kappa shape index (κ2) is 4.93. The quantitative estimate of drug-likeness (QED) is 0.786. The van der Waals surface area contributed by atoms with E-state index in [4.69, 9.17) is 0 Å². The minimum Gasteiger partial charge on any atom is -0.311 e. The van der Waals surface area contributed by atoms with Crippen LogP contribution in [-0.4, -0.2) is 45.1 Å². The van der Waals surface area contributed by atoms with Gasteiger partial charge in [0.25, 0.3) is 0 Å². The van der Waals surface area contributed by atoms with E-state index >= 15 is 0 Å². The molecule has 1 aromatic heterocycles. The molecule has 0 spiro atoms. The van der Waals surface area contributed by atoms with Gasteiger partial charge in [0.05, 0.1) is 22.4 Å². The number of nitrogens with one attached hydrogen (secondary N) is 2. The highest BCUT2D eigenvalue weighted by Gasteiger charge is 2.37. The van der Waals surface area contributed by atoms with Gasteiger partial charge < -0.3 is 5.32 Å². The van der Waals surface area contributed by atoms with Crippen molar-refractivity contribution in [2.24, 2.45) is 0 Å². The molecule has 0 aliphatic carbocycles. The van der Waals surface area contributed by atoms with E-state index in [1.807, 2.05) is 0 Å². The third kappa shape index (κ3) is 2.83. The molecule has 1 unspecified atom stereocenters. The first kappa shape index (κ1) is 14.2. The van der Waals surface area contributed by atoms with E-state index in [0.29, 0.717) is 11.7 Å². The van der Waals surface area contributed by atoms with Gasteiger partial charge >= 0.3 is 0 Å². The number of hydrogen-bond donors (Lipinski definition) is 2. The molecule has 7 nitrogen and oxygen atoms in total. The Morgan fingerprint density at radius 3 is 2.85 bits per heavy atom. The molecule has 3 rings (SSSR count). The summed E-state index contributed by atoms with van der Waals surface area (Å²) in [6.45, 7) is 1.54. The number of aromatic nitrogens is 1. The lowest BCUT2D eigenvalue weighted by Crippen LogP contribution is -2.28. The van der Waals surface area contributed by atoms with Gasteiger partial charge in [-0.3, -0.25) is 4.72 Å². The van der Waals surface area contributed by atoms with Crippen LogP contribution in [0.5, 0.6) is 0 Å². The van der Waals surface area contributed by atoms with Gasteiger partial charge in [-0.2, -0.15) is 0 Å². The maximum atomic E-state index is 12.2. The Balaban J connectivity index is 1.78. The van der Waals surface area contributed by atoms with Crippen molar-refractivity contribution in [3.63, 3.8) is 0 Å². The molecule has 20 heavy (non-hydrogen) atoms. The average molecular weight is 337 g/mol. The third-order valence-corrected chi connectivity index (χ3v) is 8.34. The van der Waals surface area contributed by atoms with Crippen LogP contribution < -0.4 is 10.0 Å². The summed E-state index contributed by atoms with van der Waals surface area (Å²) in [5.74, 6) is -0.355. The summed E-state index contributed by atoms with van der Waals surface area (Å²) < 4.78 is 49.6. The first-order valence-electron chi connectivity index (χ1n) is 6.27. The van der Waals surface area contributed by atoms with E-state index in [1.54, 1.807) is 0 Å². The molecular weight excluding hydrogens is 322 g/mol. The number of sulfonamides is 1.